The molecule has 0 fully saturated rings. The monoisotopic (exact) mass is 759 g/mol. The third-order valence-electron chi connectivity index (χ3n) is 11.7. The zero-order valence-corrected chi connectivity index (χ0v) is 32.0. The summed E-state index contributed by atoms with van der Waals surface area (Å²) < 4.78 is 9.57. The van der Waals surface area contributed by atoms with Crippen LogP contribution in [0.1, 0.15) is 22.9 Å². The van der Waals surface area contributed by atoms with Gasteiger partial charge in [0.1, 0.15) is 11.9 Å². The maximum Gasteiger partial charge on any atom is 0.164 e. The molecule has 0 bridgehead atoms. The first-order chi connectivity index (χ1) is 28.7. The van der Waals surface area contributed by atoms with Crippen molar-refractivity contribution in [2.75, 3.05) is 0 Å². The number of hydrogen-bond acceptors (Lipinski definition) is 5. The number of nitrogens with zero attached hydrogens (tertiary/aromatic N) is 3. The van der Waals surface area contributed by atoms with Gasteiger partial charge in [-0.3, -0.25) is 0 Å². The summed E-state index contributed by atoms with van der Waals surface area (Å²) in [7, 11) is 0. The van der Waals surface area contributed by atoms with E-state index in [0.717, 1.165) is 44.5 Å². The van der Waals surface area contributed by atoms with E-state index in [1.807, 2.05) is 17.4 Å². The summed E-state index contributed by atoms with van der Waals surface area (Å²) in [5.41, 5.74) is 8.70. The maximum atomic E-state index is 6.98. The predicted octanol–water partition coefficient (Wildman–Crippen LogP) is 13.6. The summed E-state index contributed by atoms with van der Waals surface area (Å²) in [6, 6.07) is 62.1. The van der Waals surface area contributed by atoms with Gasteiger partial charge in [-0.05, 0) is 50.4 Å². The van der Waals surface area contributed by atoms with E-state index in [9.17, 15) is 0 Å². The van der Waals surface area contributed by atoms with Crippen LogP contribution in [-0.2, 0) is 0 Å². The minimum Gasteiger partial charge on any atom is -0.484 e. The second-order valence-corrected chi connectivity index (χ2v) is 16.1. The van der Waals surface area contributed by atoms with Gasteiger partial charge in [-0.15, -0.1) is 11.3 Å². The van der Waals surface area contributed by atoms with E-state index in [1.54, 1.807) is 0 Å². The first-order valence-electron chi connectivity index (χ1n) is 19.7. The van der Waals surface area contributed by atoms with Crippen LogP contribution in [0.25, 0.3) is 86.8 Å². The lowest BCUT2D eigenvalue weighted by atomic mass is 9.78. The van der Waals surface area contributed by atoms with Crippen molar-refractivity contribution in [1.29, 1.82) is 0 Å². The standard InChI is InChI=1S/C53H33N3OS/c1-2-11-32(12-3-1)34-21-24-36(25-22-34)51-54-52(38-26-23-33-13-4-5-15-37(33)31-38)56-53(55-51)45-30-29-40(48-47(45)44-17-8-9-20-46(44)57-48)41-18-10-19-42-43-28-27-35-14-6-7-16-39(35)49(43)58-50(41)42/h1-31,47-48H. The lowest BCUT2D eigenvalue weighted by Gasteiger charge is -2.28. The molecule has 2 aromatic heterocycles. The number of rotatable bonds is 5. The zero-order valence-electron chi connectivity index (χ0n) is 31.2. The maximum absolute atomic E-state index is 6.98. The second-order valence-electron chi connectivity index (χ2n) is 15.1. The van der Waals surface area contributed by atoms with E-state index in [-0.39, 0.29) is 12.0 Å². The van der Waals surface area contributed by atoms with Gasteiger partial charge in [-0.25, -0.2) is 15.0 Å². The highest BCUT2D eigenvalue weighted by molar-refractivity contribution is 7.27. The molecular formula is C53H33N3OS. The molecule has 0 radical (unpaired) electrons. The van der Waals surface area contributed by atoms with Crippen LogP contribution in [0.15, 0.2) is 188 Å². The van der Waals surface area contributed by atoms with Crippen molar-refractivity contribution in [1.82, 2.24) is 15.0 Å². The number of hydrogen-bond donors (Lipinski definition) is 0. The average Bonchev–Trinajstić information content (AvgIpc) is 3.89. The Morgan fingerprint density at radius 2 is 1.03 bits per heavy atom. The minimum atomic E-state index is -0.264. The zero-order chi connectivity index (χ0) is 38.2. The number of aromatic nitrogens is 3. The van der Waals surface area contributed by atoms with Gasteiger partial charge in [0.2, 0.25) is 0 Å². The molecule has 1 aliphatic heterocycles. The van der Waals surface area contributed by atoms with Gasteiger partial charge in [-0.2, -0.15) is 0 Å². The highest BCUT2D eigenvalue weighted by atomic mass is 32.1. The van der Waals surface area contributed by atoms with Crippen molar-refractivity contribution in [2.45, 2.75) is 12.0 Å². The van der Waals surface area contributed by atoms with Crippen LogP contribution in [0.2, 0.25) is 0 Å². The Morgan fingerprint density at radius 1 is 0.414 bits per heavy atom. The molecule has 2 aliphatic rings. The lowest BCUT2D eigenvalue weighted by molar-refractivity contribution is 0.281. The Morgan fingerprint density at radius 3 is 1.91 bits per heavy atom. The summed E-state index contributed by atoms with van der Waals surface area (Å²) in [6.45, 7) is 0. The summed E-state index contributed by atoms with van der Waals surface area (Å²) in [4.78, 5) is 15.7. The van der Waals surface area contributed by atoms with Gasteiger partial charge < -0.3 is 4.74 Å². The quantitative estimate of drug-likeness (QED) is 0.175. The van der Waals surface area contributed by atoms with Crippen LogP contribution in [-0.4, -0.2) is 21.1 Å². The van der Waals surface area contributed by atoms with Crippen LogP contribution in [0, 0.1) is 0 Å². The SMILES string of the molecule is C1=C(c2cccc3c2sc2c4ccccc4ccc32)C2Oc3ccccc3C2C(c2nc(-c3ccc(-c4ccccc4)cc3)nc(-c3ccc4ccccc4c3)n2)=C1. The van der Waals surface area contributed by atoms with E-state index in [2.05, 4.69) is 182 Å². The van der Waals surface area contributed by atoms with Crippen molar-refractivity contribution in [3.63, 3.8) is 0 Å². The molecule has 0 saturated carbocycles. The Bertz CT molecular complexity index is 3330. The fraction of sp³-hybridized carbons (Fsp3) is 0.0377. The van der Waals surface area contributed by atoms with Gasteiger partial charge in [0.25, 0.3) is 0 Å². The van der Waals surface area contributed by atoms with E-state index in [1.165, 1.54) is 47.5 Å². The van der Waals surface area contributed by atoms with E-state index >= 15 is 0 Å². The smallest absolute Gasteiger partial charge is 0.164 e. The fourth-order valence-electron chi connectivity index (χ4n) is 8.91. The number of fused-ring (bicyclic) bond motifs is 9. The highest BCUT2D eigenvalue weighted by Crippen LogP contribution is 2.53. The summed E-state index contributed by atoms with van der Waals surface area (Å²) in [5, 5.41) is 7.42. The molecule has 1 aliphatic carbocycles. The Balaban J connectivity index is 1.05. The number of para-hydroxylation sites is 1. The molecule has 10 aromatic rings. The van der Waals surface area contributed by atoms with E-state index < -0.39 is 0 Å². The molecule has 2 atom stereocenters. The van der Waals surface area contributed by atoms with E-state index in [4.69, 9.17) is 19.7 Å². The van der Waals surface area contributed by atoms with Crippen LogP contribution in [0.3, 0.4) is 0 Å². The minimum absolute atomic E-state index is 0.123. The second kappa shape index (κ2) is 13.2. The summed E-state index contributed by atoms with van der Waals surface area (Å²) >= 11 is 1.88. The lowest BCUT2D eigenvalue weighted by Crippen LogP contribution is -2.25. The molecular weight excluding hydrogens is 727 g/mol. The van der Waals surface area contributed by atoms with Crippen molar-refractivity contribution >= 4 is 64.2 Å². The third-order valence-corrected chi connectivity index (χ3v) is 13.0. The molecule has 4 nitrogen and oxygen atoms in total. The van der Waals surface area contributed by atoms with Gasteiger partial charge in [0, 0.05) is 48.0 Å². The number of benzene rings is 8. The van der Waals surface area contributed by atoms with Crippen molar-refractivity contribution in [3.8, 4) is 39.7 Å². The van der Waals surface area contributed by atoms with Crippen molar-refractivity contribution in [3.05, 3.63) is 205 Å². The van der Waals surface area contributed by atoms with Gasteiger partial charge in [-0.1, -0.05) is 176 Å². The van der Waals surface area contributed by atoms with Gasteiger partial charge >= 0.3 is 0 Å². The average molecular weight is 760 g/mol. The summed E-state index contributed by atoms with van der Waals surface area (Å²) in [5.74, 6) is 2.69. The number of ether oxygens (including phenoxy) is 1. The molecule has 0 spiro atoms. The van der Waals surface area contributed by atoms with Gasteiger partial charge in [0.15, 0.2) is 17.5 Å². The highest BCUT2D eigenvalue weighted by Gasteiger charge is 2.43. The van der Waals surface area contributed by atoms with Crippen LogP contribution < -0.4 is 4.74 Å². The topological polar surface area (TPSA) is 47.9 Å². The summed E-state index contributed by atoms with van der Waals surface area (Å²) in [6.07, 6.45) is 4.21. The molecule has 8 aromatic carbocycles. The Kier molecular flexibility index (Phi) is 7.50. The first-order valence-corrected chi connectivity index (χ1v) is 20.5. The molecule has 0 N–H and O–H groups in total. The molecule has 2 unspecified atom stereocenters. The van der Waals surface area contributed by atoms with Crippen LogP contribution in [0.4, 0.5) is 0 Å². The van der Waals surface area contributed by atoms with Gasteiger partial charge in [0.05, 0.1) is 5.92 Å². The van der Waals surface area contributed by atoms with E-state index in [0.29, 0.717) is 17.5 Å². The number of allylic oxidation sites excluding steroid dienone is 2. The first kappa shape index (κ1) is 33.0. The predicted molar refractivity (Wildman–Crippen MR) is 240 cm³/mol. The molecule has 272 valence electrons. The number of thiophene rings is 1. The third kappa shape index (κ3) is 5.32. The van der Waals surface area contributed by atoms with Crippen molar-refractivity contribution in [2.24, 2.45) is 0 Å². The molecule has 5 heteroatoms. The van der Waals surface area contributed by atoms with Crippen LogP contribution in [0.5, 0.6) is 5.75 Å². The molecule has 3 heterocycles. The molecule has 12 rings (SSSR count). The largest absolute Gasteiger partial charge is 0.484 e. The normalized spacial score (nSPS) is 15.9. The Hall–Kier alpha value is -7.21. The molecule has 0 amide bonds. The van der Waals surface area contributed by atoms with Crippen LogP contribution >= 0.6 is 11.3 Å². The molecule has 58 heavy (non-hydrogen) atoms. The Labute approximate surface area is 339 Å². The van der Waals surface area contributed by atoms with Crippen molar-refractivity contribution < 1.29 is 4.74 Å². The molecule has 0 saturated heterocycles. The fourth-order valence-corrected chi connectivity index (χ4v) is 10.3.